The first-order chi connectivity index (χ1) is 7.85. The number of aromatic carboxylic acids is 1. The van der Waals surface area contributed by atoms with Crippen molar-refractivity contribution in [3.05, 3.63) is 23.7 Å². The van der Waals surface area contributed by atoms with Gasteiger partial charge in [0.2, 0.25) is 5.76 Å². The predicted molar refractivity (Wildman–Crippen MR) is 66.2 cm³/mol. The number of nitrogens with one attached hydrogen (secondary N) is 1. The molecule has 0 saturated carbocycles. The second-order valence-corrected chi connectivity index (χ2v) is 5.13. The summed E-state index contributed by atoms with van der Waals surface area (Å²) in [5.74, 6) is -0.380. The van der Waals surface area contributed by atoms with Crippen LogP contribution in [0.15, 0.2) is 16.5 Å². The Morgan fingerprint density at radius 1 is 1.53 bits per heavy atom. The molecule has 0 aliphatic rings. The van der Waals surface area contributed by atoms with Gasteiger partial charge in [0.1, 0.15) is 5.76 Å². The number of furan rings is 1. The van der Waals surface area contributed by atoms with Gasteiger partial charge in [-0.15, -0.1) is 0 Å². The Labute approximate surface area is 102 Å². The lowest BCUT2D eigenvalue weighted by atomic mass is 9.90. The smallest absolute Gasteiger partial charge is 0.371 e. The van der Waals surface area contributed by atoms with Crippen LogP contribution in [0.4, 0.5) is 0 Å². The van der Waals surface area contributed by atoms with Crippen molar-refractivity contribution in [2.24, 2.45) is 5.41 Å². The lowest BCUT2D eigenvalue weighted by Crippen LogP contribution is -2.30. The van der Waals surface area contributed by atoms with Crippen molar-refractivity contribution in [3.8, 4) is 0 Å². The van der Waals surface area contributed by atoms with E-state index in [2.05, 4.69) is 26.1 Å². The van der Waals surface area contributed by atoms with Gasteiger partial charge in [0, 0.05) is 6.54 Å². The van der Waals surface area contributed by atoms with Crippen molar-refractivity contribution in [1.29, 1.82) is 0 Å². The fourth-order valence-corrected chi connectivity index (χ4v) is 1.36. The summed E-state index contributed by atoms with van der Waals surface area (Å²) in [5, 5.41) is 12.1. The van der Waals surface area contributed by atoms with Crippen LogP contribution in [-0.2, 0) is 0 Å². The first-order valence-corrected chi connectivity index (χ1v) is 5.92. The zero-order valence-corrected chi connectivity index (χ0v) is 10.9. The average molecular weight is 239 g/mol. The van der Waals surface area contributed by atoms with Crippen LogP contribution in [0.3, 0.4) is 0 Å². The Hall–Kier alpha value is -1.29. The minimum absolute atomic E-state index is 0.0107. The van der Waals surface area contributed by atoms with Gasteiger partial charge in [0.05, 0.1) is 6.04 Å². The van der Waals surface area contributed by atoms with Gasteiger partial charge >= 0.3 is 5.97 Å². The van der Waals surface area contributed by atoms with Gasteiger partial charge < -0.3 is 14.8 Å². The molecule has 1 heterocycles. The molecule has 0 aliphatic heterocycles. The van der Waals surface area contributed by atoms with E-state index in [-0.39, 0.29) is 17.2 Å². The molecule has 17 heavy (non-hydrogen) atoms. The summed E-state index contributed by atoms with van der Waals surface area (Å²) in [5.41, 5.74) is 0.233. The Kier molecular flexibility index (Phi) is 4.34. The summed E-state index contributed by atoms with van der Waals surface area (Å²) in [6.07, 6.45) is 1.09. The van der Waals surface area contributed by atoms with E-state index < -0.39 is 5.97 Å². The number of carbonyl (C=O) groups is 1. The average Bonchev–Trinajstić information content (AvgIpc) is 2.75. The molecule has 96 valence electrons. The lowest BCUT2D eigenvalue weighted by molar-refractivity contribution is 0.0659. The molecule has 1 aromatic rings. The molecule has 0 aromatic carbocycles. The molecule has 1 unspecified atom stereocenters. The summed E-state index contributed by atoms with van der Waals surface area (Å²) >= 11 is 0. The quantitative estimate of drug-likeness (QED) is 0.800. The fourth-order valence-electron chi connectivity index (χ4n) is 1.36. The van der Waals surface area contributed by atoms with Crippen LogP contribution in [0, 0.1) is 5.41 Å². The largest absolute Gasteiger partial charge is 0.475 e. The molecule has 4 heteroatoms. The van der Waals surface area contributed by atoms with Crippen LogP contribution in [0.1, 0.15) is 56.5 Å². The molecule has 0 bridgehead atoms. The zero-order valence-electron chi connectivity index (χ0n) is 10.9. The topological polar surface area (TPSA) is 62.5 Å². The van der Waals surface area contributed by atoms with Crippen molar-refractivity contribution in [1.82, 2.24) is 5.32 Å². The molecule has 0 amide bonds. The minimum Gasteiger partial charge on any atom is -0.475 e. The third kappa shape index (κ3) is 3.89. The van der Waals surface area contributed by atoms with E-state index in [1.54, 1.807) is 6.07 Å². The molecular weight excluding hydrogens is 218 g/mol. The first-order valence-electron chi connectivity index (χ1n) is 5.92. The standard InChI is InChI=1S/C13H21NO3/c1-5-13(3,4)8-14-9(2)10-6-7-11(17-10)12(15)16/h6-7,9,14H,5,8H2,1-4H3,(H,15,16). The molecule has 0 radical (unpaired) electrons. The van der Waals surface area contributed by atoms with E-state index in [0.717, 1.165) is 13.0 Å². The maximum Gasteiger partial charge on any atom is 0.371 e. The first kappa shape index (κ1) is 13.8. The molecule has 0 spiro atoms. The van der Waals surface area contributed by atoms with Crippen molar-refractivity contribution in [3.63, 3.8) is 0 Å². The molecule has 4 nitrogen and oxygen atoms in total. The van der Waals surface area contributed by atoms with Gasteiger partial charge in [-0.25, -0.2) is 4.79 Å². The molecule has 0 fully saturated rings. The Morgan fingerprint density at radius 2 is 2.18 bits per heavy atom. The molecule has 1 rings (SSSR count). The maximum atomic E-state index is 10.7. The van der Waals surface area contributed by atoms with E-state index in [9.17, 15) is 4.79 Å². The molecule has 1 atom stereocenters. The van der Waals surface area contributed by atoms with Crippen LogP contribution in [0.5, 0.6) is 0 Å². The molecule has 0 aliphatic carbocycles. The molecule has 0 saturated heterocycles. The second kappa shape index (κ2) is 5.36. The number of hydrogen-bond donors (Lipinski definition) is 2. The van der Waals surface area contributed by atoms with Crippen LogP contribution in [0.2, 0.25) is 0 Å². The molecular formula is C13H21NO3. The summed E-state index contributed by atoms with van der Waals surface area (Å²) in [6.45, 7) is 9.38. The highest BCUT2D eigenvalue weighted by molar-refractivity contribution is 5.84. The monoisotopic (exact) mass is 239 g/mol. The highest BCUT2D eigenvalue weighted by atomic mass is 16.4. The van der Waals surface area contributed by atoms with E-state index in [1.807, 2.05) is 6.92 Å². The van der Waals surface area contributed by atoms with Crippen LogP contribution in [0.25, 0.3) is 0 Å². The summed E-state index contributed by atoms with van der Waals surface area (Å²) in [7, 11) is 0. The molecule has 1 aromatic heterocycles. The fraction of sp³-hybridized carbons (Fsp3) is 0.615. The normalized spacial score (nSPS) is 13.6. The van der Waals surface area contributed by atoms with Crippen molar-refractivity contribution in [2.75, 3.05) is 6.54 Å². The van der Waals surface area contributed by atoms with Gasteiger partial charge in [0.15, 0.2) is 0 Å². The van der Waals surface area contributed by atoms with Crippen molar-refractivity contribution >= 4 is 5.97 Å². The SMILES string of the molecule is CCC(C)(C)CNC(C)c1ccc(C(=O)O)o1. The third-order valence-electron chi connectivity index (χ3n) is 3.11. The van der Waals surface area contributed by atoms with Crippen molar-refractivity contribution < 1.29 is 14.3 Å². The van der Waals surface area contributed by atoms with Gasteiger partial charge in [-0.05, 0) is 30.9 Å². The van der Waals surface area contributed by atoms with Gasteiger partial charge in [-0.1, -0.05) is 20.8 Å². The van der Waals surface area contributed by atoms with E-state index >= 15 is 0 Å². The number of hydrogen-bond acceptors (Lipinski definition) is 3. The Bertz CT molecular complexity index is 382. The molecule has 2 N–H and O–H groups in total. The maximum absolute atomic E-state index is 10.7. The van der Waals surface area contributed by atoms with E-state index in [0.29, 0.717) is 5.76 Å². The van der Waals surface area contributed by atoms with Gasteiger partial charge in [-0.2, -0.15) is 0 Å². The highest BCUT2D eigenvalue weighted by Crippen LogP contribution is 2.21. The highest BCUT2D eigenvalue weighted by Gasteiger charge is 2.18. The lowest BCUT2D eigenvalue weighted by Gasteiger charge is -2.25. The zero-order chi connectivity index (χ0) is 13.1. The minimum atomic E-state index is -1.03. The van der Waals surface area contributed by atoms with Crippen LogP contribution < -0.4 is 5.32 Å². The van der Waals surface area contributed by atoms with E-state index in [1.165, 1.54) is 6.07 Å². The Morgan fingerprint density at radius 3 is 2.65 bits per heavy atom. The summed E-state index contributed by atoms with van der Waals surface area (Å²) < 4.78 is 5.24. The van der Waals surface area contributed by atoms with Crippen molar-refractivity contribution in [2.45, 2.75) is 40.2 Å². The number of carboxylic acids is 1. The number of carboxylic acid groups (broad SMARTS) is 1. The number of rotatable bonds is 6. The summed E-state index contributed by atoms with van der Waals surface area (Å²) in [4.78, 5) is 10.7. The van der Waals surface area contributed by atoms with Crippen LogP contribution in [-0.4, -0.2) is 17.6 Å². The van der Waals surface area contributed by atoms with Gasteiger partial charge in [0.25, 0.3) is 0 Å². The summed E-state index contributed by atoms with van der Waals surface area (Å²) in [6, 6.07) is 3.22. The van der Waals surface area contributed by atoms with E-state index in [4.69, 9.17) is 9.52 Å². The van der Waals surface area contributed by atoms with Gasteiger partial charge in [-0.3, -0.25) is 0 Å². The Balaban J connectivity index is 2.58. The van der Waals surface area contributed by atoms with Crippen LogP contribution >= 0.6 is 0 Å². The predicted octanol–water partition coefficient (Wildman–Crippen LogP) is 3.06. The second-order valence-electron chi connectivity index (χ2n) is 5.13. The third-order valence-corrected chi connectivity index (χ3v) is 3.11.